The Morgan fingerprint density at radius 1 is 1.30 bits per heavy atom. The van der Waals surface area contributed by atoms with E-state index in [4.69, 9.17) is 4.98 Å². The van der Waals surface area contributed by atoms with Crippen LogP contribution >= 0.6 is 0 Å². The van der Waals surface area contributed by atoms with Crippen molar-refractivity contribution in [3.8, 4) is 0 Å². The second-order valence-electron chi connectivity index (χ2n) is 6.59. The Kier molecular flexibility index (Phi) is 3.04. The van der Waals surface area contributed by atoms with E-state index in [1.807, 2.05) is 11.7 Å². The van der Waals surface area contributed by atoms with Gasteiger partial charge in [0.15, 0.2) is 5.82 Å². The van der Waals surface area contributed by atoms with Gasteiger partial charge in [0.05, 0.1) is 0 Å². The lowest BCUT2D eigenvalue weighted by Crippen LogP contribution is -2.13. The van der Waals surface area contributed by atoms with E-state index in [9.17, 15) is 0 Å². The number of anilines is 1. The third kappa shape index (κ3) is 2.30. The maximum absolute atomic E-state index is 4.74. The molecule has 1 aliphatic heterocycles. The summed E-state index contributed by atoms with van der Waals surface area (Å²) in [5.74, 6) is 2.48. The molecule has 0 spiro atoms. The van der Waals surface area contributed by atoms with Gasteiger partial charge in [0, 0.05) is 37.0 Å². The zero-order chi connectivity index (χ0) is 14.3. The maximum atomic E-state index is 4.74. The molecule has 1 N–H and O–H groups in total. The molecule has 106 valence electrons. The molecule has 1 atom stereocenters. The first-order valence-electron chi connectivity index (χ1n) is 7.18. The highest BCUT2D eigenvalue weighted by atomic mass is 15.3. The van der Waals surface area contributed by atoms with Crippen molar-refractivity contribution in [3.63, 3.8) is 0 Å². The molecule has 2 aromatic rings. The van der Waals surface area contributed by atoms with Crippen LogP contribution in [-0.2, 0) is 18.9 Å². The van der Waals surface area contributed by atoms with Crippen LogP contribution in [0.2, 0.25) is 0 Å². The van der Waals surface area contributed by atoms with Crippen molar-refractivity contribution in [2.45, 2.75) is 38.5 Å². The van der Waals surface area contributed by atoms with Crippen LogP contribution in [0.25, 0.3) is 0 Å². The smallest absolute Gasteiger partial charge is 0.156 e. The van der Waals surface area contributed by atoms with Crippen molar-refractivity contribution in [2.24, 2.45) is 7.05 Å². The molecule has 0 fully saturated rings. The average molecular weight is 270 g/mol. The Bertz CT molecular complexity index is 622. The van der Waals surface area contributed by atoms with Gasteiger partial charge in [-0.15, -0.1) is 0 Å². The number of rotatable bonds is 2. The lowest BCUT2D eigenvalue weighted by Gasteiger charge is -2.12. The van der Waals surface area contributed by atoms with Gasteiger partial charge in [-0.05, 0) is 11.6 Å². The molecule has 0 amide bonds. The molecule has 0 aliphatic carbocycles. The van der Waals surface area contributed by atoms with E-state index < -0.39 is 0 Å². The quantitative estimate of drug-likeness (QED) is 0.912. The van der Waals surface area contributed by atoms with Crippen LogP contribution in [0, 0.1) is 0 Å². The monoisotopic (exact) mass is 270 g/mol. The van der Waals surface area contributed by atoms with Crippen LogP contribution in [0.4, 0.5) is 5.69 Å². The third-order valence-corrected chi connectivity index (χ3v) is 3.89. The summed E-state index contributed by atoms with van der Waals surface area (Å²) in [6.07, 6.45) is 0.934. The minimum atomic E-state index is 0.00183. The Morgan fingerprint density at radius 3 is 2.75 bits per heavy atom. The normalized spacial score (nSPS) is 17.9. The average Bonchev–Trinajstić information content (AvgIpc) is 2.95. The van der Waals surface area contributed by atoms with Crippen molar-refractivity contribution in [2.75, 3.05) is 11.9 Å². The van der Waals surface area contributed by atoms with E-state index in [-0.39, 0.29) is 5.41 Å². The van der Waals surface area contributed by atoms with Gasteiger partial charge < -0.3 is 5.32 Å². The lowest BCUT2D eigenvalue weighted by atomic mass is 9.96. The number of nitrogens with one attached hydrogen (secondary N) is 1. The summed E-state index contributed by atoms with van der Waals surface area (Å²) in [6, 6.07) is 8.54. The fraction of sp³-hybridized carbons (Fsp3) is 0.500. The van der Waals surface area contributed by atoms with Gasteiger partial charge in [-0.3, -0.25) is 4.68 Å². The number of fused-ring (bicyclic) bond motifs is 1. The maximum Gasteiger partial charge on any atom is 0.156 e. The zero-order valence-corrected chi connectivity index (χ0v) is 12.6. The Hall–Kier alpha value is -1.84. The molecule has 0 saturated carbocycles. The second-order valence-corrected chi connectivity index (χ2v) is 6.59. The minimum absolute atomic E-state index is 0.00183. The van der Waals surface area contributed by atoms with Crippen LogP contribution < -0.4 is 5.32 Å². The van der Waals surface area contributed by atoms with E-state index in [1.165, 1.54) is 11.3 Å². The molecule has 4 nitrogen and oxygen atoms in total. The Labute approximate surface area is 120 Å². The molecule has 0 bridgehead atoms. The molecule has 0 saturated heterocycles. The van der Waals surface area contributed by atoms with Crippen LogP contribution in [0.1, 0.15) is 43.9 Å². The molecule has 4 heteroatoms. The summed E-state index contributed by atoms with van der Waals surface area (Å²) in [5, 5.41) is 8.03. The standard InChI is InChI=1S/C16H22N4/c1-16(2,3)15-18-14(20(4)19-15)9-11-10-17-13-8-6-5-7-12(11)13/h5-8,11,17H,9-10H2,1-4H3. The van der Waals surface area contributed by atoms with Crippen molar-refractivity contribution in [1.82, 2.24) is 14.8 Å². The first-order valence-corrected chi connectivity index (χ1v) is 7.18. The highest BCUT2D eigenvalue weighted by molar-refractivity contribution is 5.57. The summed E-state index contributed by atoms with van der Waals surface area (Å²) in [4.78, 5) is 4.74. The molecule has 1 unspecified atom stereocenters. The van der Waals surface area contributed by atoms with Crippen LogP contribution in [-0.4, -0.2) is 21.3 Å². The number of para-hydroxylation sites is 1. The summed E-state index contributed by atoms with van der Waals surface area (Å²) < 4.78 is 1.93. The topological polar surface area (TPSA) is 42.7 Å². The highest BCUT2D eigenvalue weighted by Crippen LogP contribution is 2.33. The molecule has 1 aromatic heterocycles. The Morgan fingerprint density at radius 2 is 2.05 bits per heavy atom. The fourth-order valence-electron chi connectivity index (χ4n) is 2.67. The molecule has 3 rings (SSSR count). The number of hydrogen-bond donors (Lipinski definition) is 1. The van der Waals surface area contributed by atoms with Crippen molar-refractivity contribution < 1.29 is 0 Å². The second kappa shape index (κ2) is 4.62. The van der Waals surface area contributed by atoms with Gasteiger partial charge in [0.1, 0.15) is 5.82 Å². The number of benzene rings is 1. The number of aryl methyl sites for hydroxylation is 1. The van der Waals surface area contributed by atoms with Crippen molar-refractivity contribution >= 4 is 5.69 Å². The number of aromatic nitrogens is 3. The molecule has 1 aliphatic rings. The van der Waals surface area contributed by atoms with Gasteiger partial charge in [-0.1, -0.05) is 39.0 Å². The predicted octanol–water partition coefficient (Wildman–Crippen LogP) is 2.86. The fourth-order valence-corrected chi connectivity index (χ4v) is 2.67. The van der Waals surface area contributed by atoms with E-state index in [2.05, 4.69) is 55.5 Å². The summed E-state index contributed by atoms with van der Waals surface area (Å²) in [6.45, 7) is 7.44. The van der Waals surface area contributed by atoms with E-state index >= 15 is 0 Å². The minimum Gasteiger partial charge on any atom is -0.384 e. The van der Waals surface area contributed by atoms with E-state index in [0.717, 1.165) is 24.6 Å². The molecule has 1 aromatic carbocycles. The molecule has 20 heavy (non-hydrogen) atoms. The predicted molar refractivity (Wildman–Crippen MR) is 81.1 cm³/mol. The van der Waals surface area contributed by atoms with Gasteiger partial charge in [0.2, 0.25) is 0 Å². The third-order valence-electron chi connectivity index (χ3n) is 3.89. The molecule has 2 heterocycles. The zero-order valence-electron chi connectivity index (χ0n) is 12.6. The van der Waals surface area contributed by atoms with Crippen LogP contribution in [0.3, 0.4) is 0 Å². The molecule has 0 radical (unpaired) electrons. The van der Waals surface area contributed by atoms with Gasteiger partial charge in [-0.25, -0.2) is 4.98 Å². The number of hydrogen-bond acceptors (Lipinski definition) is 3. The van der Waals surface area contributed by atoms with E-state index in [1.54, 1.807) is 0 Å². The van der Waals surface area contributed by atoms with Crippen molar-refractivity contribution in [3.05, 3.63) is 41.5 Å². The van der Waals surface area contributed by atoms with Crippen LogP contribution in [0.15, 0.2) is 24.3 Å². The molecular formula is C16H22N4. The summed E-state index contributed by atoms with van der Waals surface area (Å²) in [5.41, 5.74) is 2.66. The SMILES string of the molecule is Cn1nc(C(C)(C)C)nc1CC1CNc2ccccc21. The highest BCUT2D eigenvalue weighted by Gasteiger charge is 2.26. The Balaban J connectivity index is 1.85. The molecular weight excluding hydrogens is 248 g/mol. The largest absolute Gasteiger partial charge is 0.384 e. The van der Waals surface area contributed by atoms with Gasteiger partial charge in [0.25, 0.3) is 0 Å². The van der Waals surface area contributed by atoms with E-state index in [0.29, 0.717) is 5.92 Å². The number of nitrogens with zero attached hydrogens (tertiary/aromatic N) is 3. The first-order chi connectivity index (χ1) is 9.45. The van der Waals surface area contributed by atoms with Crippen LogP contribution in [0.5, 0.6) is 0 Å². The van der Waals surface area contributed by atoms with Gasteiger partial charge in [-0.2, -0.15) is 5.10 Å². The van der Waals surface area contributed by atoms with Gasteiger partial charge >= 0.3 is 0 Å². The lowest BCUT2D eigenvalue weighted by molar-refractivity contribution is 0.538. The summed E-state index contributed by atoms with van der Waals surface area (Å²) >= 11 is 0. The summed E-state index contributed by atoms with van der Waals surface area (Å²) in [7, 11) is 1.99. The first kappa shape index (κ1) is 13.2. The van der Waals surface area contributed by atoms with Crippen molar-refractivity contribution in [1.29, 1.82) is 0 Å².